The third-order valence-corrected chi connectivity index (χ3v) is 4.48. The first-order chi connectivity index (χ1) is 9.44. The zero-order valence-electron chi connectivity index (χ0n) is 12.9. The molecule has 0 unspecified atom stereocenters. The molecule has 2 N–H and O–H groups in total. The summed E-state index contributed by atoms with van der Waals surface area (Å²) in [6, 6.07) is 0.0716. The van der Waals surface area contributed by atoms with Crippen LogP contribution in [0, 0.1) is 0 Å². The highest BCUT2D eigenvalue weighted by Gasteiger charge is 2.37. The first kappa shape index (κ1) is 16.8. The molecule has 0 atom stereocenters. The molecule has 0 aromatic carbocycles. The zero-order chi connectivity index (χ0) is 15.2. The van der Waals surface area contributed by atoms with Gasteiger partial charge in [-0.1, -0.05) is 33.1 Å². The van der Waals surface area contributed by atoms with Gasteiger partial charge in [-0.15, -0.1) is 0 Å². The van der Waals surface area contributed by atoms with E-state index in [2.05, 4.69) is 19.2 Å². The minimum atomic E-state index is -0.836. The van der Waals surface area contributed by atoms with E-state index in [1.807, 2.05) is 0 Å². The minimum absolute atomic E-state index is 0.0233. The SMILES string of the molecule is CCC(CC)N(C)C(=O)NC1(CC(=O)O)CCCCC1. The van der Waals surface area contributed by atoms with E-state index >= 15 is 0 Å². The fraction of sp³-hybridized carbons (Fsp3) is 0.867. The predicted octanol–water partition coefficient (Wildman–Crippen LogP) is 2.99. The molecule has 1 aliphatic carbocycles. The fourth-order valence-electron chi connectivity index (χ4n) is 3.18. The Morgan fingerprint density at radius 1 is 1.20 bits per heavy atom. The standard InChI is InChI=1S/C15H28N2O3/c1-4-12(5-2)17(3)14(20)16-15(11-13(18)19)9-7-6-8-10-15/h12H,4-11H2,1-3H3,(H,16,20)(H,18,19). The van der Waals surface area contributed by atoms with E-state index in [0.717, 1.165) is 44.9 Å². The van der Waals surface area contributed by atoms with Gasteiger partial charge in [0.1, 0.15) is 0 Å². The van der Waals surface area contributed by atoms with Crippen LogP contribution in [0.2, 0.25) is 0 Å². The third-order valence-electron chi connectivity index (χ3n) is 4.48. The van der Waals surface area contributed by atoms with Crippen LogP contribution in [-0.4, -0.2) is 40.6 Å². The van der Waals surface area contributed by atoms with Crippen molar-refractivity contribution in [2.24, 2.45) is 0 Å². The second-order valence-corrected chi connectivity index (χ2v) is 5.92. The normalized spacial score (nSPS) is 17.8. The Morgan fingerprint density at radius 3 is 2.20 bits per heavy atom. The molecule has 0 radical (unpaired) electrons. The van der Waals surface area contributed by atoms with Crippen LogP contribution in [0.25, 0.3) is 0 Å². The van der Waals surface area contributed by atoms with Crippen molar-refractivity contribution in [3.05, 3.63) is 0 Å². The number of nitrogens with one attached hydrogen (secondary N) is 1. The van der Waals surface area contributed by atoms with Crippen LogP contribution < -0.4 is 5.32 Å². The maximum absolute atomic E-state index is 12.4. The van der Waals surface area contributed by atoms with Gasteiger partial charge in [-0.3, -0.25) is 4.79 Å². The number of hydrogen-bond donors (Lipinski definition) is 2. The van der Waals surface area contributed by atoms with Crippen molar-refractivity contribution in [1.82, 2.24) is 10.2 Å². The van der Waals surface area contributed by atoms with Gasteiger partial charge in [-0.05, 0) is 25.7 Å². The summed E-state index contributed by atoms with van der Waals surface area (Å²) in [5, 5.41) is 12.1. The Morgan fingerprint density at radius 2 is 1.75 bits per heavy atom. The summed E-state index contributed by atoms with van der Waals surface area (Å²) in [5.74, 6) is -0.836. The molecule has 0 aromatic heterocycles. The summed E-state index contributed by atoms with van der Waals surface area (Å²) in [7, 11) is 1.80. The molecule has 1 rings (SSSR count). The summed E-state index contributed by atoms with van der Waals surface area (Å²) in [4.78, 5) is 25.2. The first-order valence-electron chi connectivity index (χ1n) is 7.71. The van der Waals surface area contributed by atoms with Crippen LogP contribution in [0.3, 0.4) is 0 Å². The Balaban J connectivity index is 2.73. The maximum Gasteiger partial charge on any atom is 0.317 e. The maximum atomic E-state index is 12.4. The van der Waals surface area contributed by atoms with Crippen LogP contribution in [0.5, 0.6) is 0 Å². The van der Waals surface area contributed by atoms with Crippen molar-refractivity contribution < 1.29 is 14.7 Å². The van der Waals surface area contributed by atoms with Gasteiger partial charge in [0.15, 0.2) is 0 Å². The predicted molar refractivity (Wildman–Crippen MR) is 78.7 cm³/mol. The molecule has 0 heterocycles. The summed E-state index contributed by atoms with van der Waals surface area (Å²) < 4.78 is 0. The highest BCUT2D eigenvalue weighted by Crippen LogP contribution is 2.31. The van der Waals surface area contributed by atoms with E-state index in [9.17, 15) is 9.59 Å². The largest absolute Gasteiger partial charge is 0.481 e. The van der Waals surface area contributed by atoms with Gasteiger partial charge in [-0.2, -0.15) is 0 Å². The molecule has 0 aromatic rings. The number of carbonyl (C=O) groups excluding carboxylic acids is 1. The second-order valence-electron chi connectivity index (χ2n) is 5.92. The van der Waals surface area contributed by atoms with Crippen molar-refractivity contribution in [1.29, 1.82) is 0 Å². The van der Waals surface area contributed by atoms with Gasteiger partial charge in [0, 0.05) is 13.1 Å². The van der Waals surface area contributed by atoms with Crippen LogP contribution in [0.1, 0.15) is 65.2 Å². The van der Waals surface area contributed by atoms with E-state index < -0.39 is 11.5 Å². The number of nitrogens with zero attached hydrogens (tertiary/aromatic N) is 1. The van der Waals surface area contributed by atoms with Gasteiger partial charge in [0.25, 0.3) is 0 Å². The number of carbonyl (C=O) groups is 2. The average Bonchev–Trinajstić information content (AvgIpc) is 2.39. The van der Waals surface area contributed by atoms with Crippen molar-refractivity contribution in [3.63, 3.8) is 0 Å². The average molecular weight is 284 g/mol. The van der Waals surface area contributed by atoms with Crippen LogP contribution in [0.4, 0.5) is 4.79 Å². The number of carboxylic acids is 1. The van der Waals surface area contributed by atoms with E-state index in [-0.39, 0.29) is 18.5 Å². The number of aliphatic carboxylic acids is 1. The third kappa shape index (κ3) is 4.39. The van der Waals surface area contributed by atoms with E-state index in [1.54, 1.807) is 11.9 Å². The molecule has 1 saturated carbocycles. The minimum Gasteiger partial charge on any atom is -0.481 e. The van der Waals surface area contributed by atoms with Crippen molar-refractivity contribution in [2.45, 2.75) is 76.8 Å². The first-order valence-corrected chi connectivity index (χ1v) is 7.71. The van der Waals surface area contributed by atoms with Gasteiger partial charge >= 0.3 is 12.0 Å². The summed E-state index contributed by atoms with van der Waals surface area (Å²) in [6.45, 7) is 4.12. The van der Waals surface area contributed by atoms with E-state index in [1.165, 1.54) is 0 Å². The molecular formula is C15H28N2O3. The molecule has 0 saturated heterocycles. The van der Waals surface area contributed by atoms with Gasteiger partial charge < -0.3 is 15.3 Å². The molecule has 5 heteroatoms. The Hall–Kier alpha value is -1.26. The molecule has 1 aliphatic rings. The fourth-order valence-corrected chi connectivity index (χ4v) is 3.18. The molecule has 20 heavy (non-hydrogen) atoms. The van der Waals surface area contributed by atoms with Crippen molar-refractivity contribution in [3.8, 4) is 0 Å². The quantitative estimate of drug-likeness (QED) is 0.787. The molecule has 0 bridgehead atoms. The van der Waals surface area contributed by atoms with E-state index in [4.69, 9.17) is 5.11 Å². The van der Waals surface area contributed by atoms with Gasteiger partial charge in [0.05, 0.1) is 12.0 Å². The van der Waals surface area contributed by atoms with Crippen molar-refractivity contribution >= 4 is 12.0 Å². The highest BCUT2D eigenvalue weighted by atomic mass is 16.4. The number of urea groups is 1. The number of amides is 2. The Bertz CT molecular complexity index is 334. The number of rotatable bonds is 6. The molecule has 0 aliphatic heterocycles. The van der Waals surface area contributed by atoms with Crippen LogP contribution >= 0.6 is 0 Å². The van der Waals surface area contributed by atoms with E-state index in [0.29, 0.717) is 0 Å². The molecule has 1 fully saturated rings. The van der Waals surface area contributed by atoms with Crippen molar-refractivity contribution in [2.75, 3.05) is 7.05 Å². The number of hydrogen-bond acceptors (Lipinski definition) is 2. The topological polar surface area (TPSA) is 69.6 Å². The highest BCUT2D eigenvalue weighted by molar-refractivity contribution is 5.77. The molecule has 2 amide bonds. The lowest BCUT2D eigenvalue weighted by molar-refractivity contribution is -0.139. The molecular weight excluding hydrogens is 256 g/mol. The summed E-state index contributed by atoms with van der Waals surface area (Å²) in [6.07, 6.45) is 6.47. The van der Waals surface area contributed by atoms with Gasteiger partial charge in [-0.25, -0.2) is 4.79 Å². The molecule has 116 valence electrons. The van der Waals surface area contributed by atoms with Crippen LogP contribution in [0.15, 0.2) is 0 Å². The number of carboxylic acid groups (broad SMARTS) is 1. The van der Waals surface area contributed by atoms with Gasteiger partial charge in [0.2, 0.25) is 0 Å². The lowest BCUT2D eigenvalue weighted by atomic mass is 9.79. The lowest BCUT2D eigenvalue weighted by Gasteiger charge is -2.39. The monoisotopic (exact) mass is 284 g/mol. The Labute approximate surface area is 121 Å². The smallest absolute Gasteiger partial charge is 0.317 e. The summed E-state index contributed by atoms with van der Waals surface area (Å²) >= 11 is 0. The molecule has 5 nitrogen and oxygen atoms in total. The Kier molecular flexibility index (Phi) is 6.30. The summed E-state index contributed by atoms with van der Waals surface area (Å²) in [5.41, 5.74) is -0.554. The zero-order valence-corrected chi connectivity index (χ0v) is 12.9. The lowest BCUT2D eigenvalue weighted by Crippen LogP contribution is -2.56. The molecule has 0 spiro atoms. The van der Waals surface area contributed by atoms with Crippen LogP contribution in [-0.2, 0) is 4.79 Å². The second kappa shape index (κ2) is 7.50.